The minimum Gasteiger partial charge on any atom is -0.507 e. The average molecular weight is 412 g/mol. The Balaban J connectivity index is 2.16. The second-order valence-corrected chi connectivity index (χ2v) is 8.91. The molecule has 0 spiro atoms. The van der Waals surface area contributed by atoms with Crippen LogP contribution in [-0.4, -0.2) is 24.8 Å². The smallest absolute Gasteiger partial charge is 0.252 e. The number of aromatic nitrogens is 1. The number of aromatic amines is 1. The van der Waals surface area contributed by atoms with Gasteiger partial charge in [-0.1, -0.05) is 29.3 Å². The lowest BCUT2D eigenvalue weighted by atomic mass is 9.98. The van der Waals surface area contributed by atoms with E-state index >= 15 is 0 Å². The van der Waals surface area contributed by atoms with Crippen molar-refractivity contribution in [1.82, 2.24) is 4.98 Å². The number of nitrogens with one attached hydrogen (secondary N) is 1. The largest absolute Gasteiger partial charge is 0.507 e. The number of phenolic OH excluding ortho intramolecular Hbond substituents is 1. The summed E-state index contributed by atoms with van der Waals surface area (Å²) in [4.78, 5) is 15.3. The van der Waals surface area contributed by atoms with Gasteiger partial charge in [-0.05, 0) is 42.3 Å². The highest BCUT2D eigenvalue weighted by Crippen LogP contribution is 2.33. The Hall–Kier alpha value is -2.02. The summed E-state index contributed by atoms with van der Waals surface area (Å²) in [5.74, 6) is 0.0120. The summed E-state index contributed by atoms with van der Waals surface area (Å²) in [7, 11) is -3.37. The van der Waals surface area contributed by atoms with E-state index in [0.717, 1.165) is 6.26 Å². The van der Waals surface area contributed by atoms with Crippen molar-refractivity contribution in [3.63, 3.8) is 0 Å². The van der Waals surface area contributed by atoms with Crippen LogP contribution in [-0.2, 0) is 16.3 Å². The monoisotopic (exact) mass is 411 g/mol. The Morgan fingerprint density at radius 1 is 1.12 bits per heavy atom. The van der Waals surface area contributed by atoms with E-state index in [2.05, 4.69) is 4.98 Å². The summed E-state index contributed by atoms with van der Waals surface area (Å²) in [5.41, 5.74) is 1.65. The fourth-order valence-corrected chi connectivity index (χ4v) is 4.05. The summed E-state index contributed by atoms with van der Waals surface area (Å²) in [5, 5.41) is 11.2. The molecule has 0 aliphatic rings. The number of aromatic hydroxyl groups is 1. The van der Waals surface area contributed by atoms with Crippen LogP contribution >= 0.6 is 23.2 Å². The number of hydrogen-bond donors (Lipinski definition) is 2. The number of hydrogen-bond acceptors (Lipinski definition) is 4. The van der Waals surface area contributed by atoms with Gasteiger partial charge in [-0.3, -0.25) is 4.79 Å². The van der Waals surface area contributed by atoms with Gasteiger partial charge < -0.3 is 10.1 Å². The van der Waals surface area contributed by atoms with E-state index in [4.69, 9.17) is 23.2 Å². The molecular formula is C18H15Cl2NO4S. The lowest BCUT2D eigenvalue weighted by Gasteiger charge is -2.12. The molecule has 0 unspecified atom stereocenters. The molecule has 1 heterocycles. The third-order valence-electron chi connectivity index (χ3n) is 4.29. The van der Waals surface area contributed by atoms with Crippen LogP contribution in [0.15, 0.2) is 40.0 Å². The highest BCUT2D eigenvalue weighted by molar-refractivity contribution is 7.90. The molecule has 5 nitrogen and oxygen atoms in total. The zero-order chi connectivity index (χ0) is 19.2. The highest BCUT2D eigenvalue weighted by atomic mass is 35.5. The maximum atomic E-state index is 12.5. The van der Waals surface area contributed by atoms with Crippen molar-refractivity contribution in [3.05, 3.63) is 67.4 Å². The molecule has 0 fully saturated rings. The maximum Gasteiger partial charge on any atom is 0.252 e. The molecule has 0 aliphatic carbocycles. The van der Waals surface area contributed by atoms with E-state index in [1.165, 1.54) is 24.3 Å². The van der Waals surface area contributed by atoms with Crippen LogP contribution in [0.1, 0.15) is 16.7 Å². The van der Waals surface area contributed by atoms with E-state index in [1.807, 2.05) is 0 Å². The van der Waals surface area contributed by atoms with Crippen molar-refractivity contribution in [2.24, 2.45) is 0 Å². The van der Waals surface area contributed by atoms with Crippen molar-refractivity contribution < 1.29 is 13.5 Å². The molecule has 26 heavy (non-hydrogen) atoms. The predicted octanol–water partition coefficient (Wildman–Crippen LogP) is 3.84. The number of benzene rings is 2. The summed E-state index contributed by atoms with van der Waals surface area (Å²) in [6.45, 7) is 1.72. The van der Waals surface area contributed by atoms with Crippen molar-refractivity contribution in [3.8, 4) is 5.75 Å². The third-order valence-corrected chi connectivity index (χ3v) is 6.07. The van der Waals surface area contributed by atoms with Crippen molar-refractivity contribution in [1.29, 1.82) is 0 Å². The van der Waals surface area contributed by atoms with Gasteiger partial charge in [-0.2, -0.15) is 0 Å². The summed E-state index contributed by atoms with van der Waals surface area (Å²) in [6, 6.07) is 7.38. The Bertz CT molecular complexity index is 1200. The van der Waals surface area contributed by atoms with Crippen molar-refractivity contribution in [2.45, 2.75) is 18.2 Å². The molecule has 0 amide bonds. The molecule has 3 aromatic rings. The van der Waals surface area contributed by atoms with Crippen LogP contribution in [0.5, 0.6) is 5.75 Å². The van der Waals surface area contributed by atoms with E-state index in [0.29, 0.717) is 32.6 Å². The molecule has 0 aliphatic heterocycles. The van der Waals surface area contributed by atoms with Gasteiger partial charge in [0.2, 0.25) is 0 Å². The van der Waals surface area contributed by atoms with Crippen LogP contribution in [0.4, 0.5) is 0 Å². The Morgan fingerprint density at radius 2 is 1.81 bits per heavy atom. The molecule has 2 aromatic carbocycles. The quantitative estimate of drug-likeness (QED) is 0.684. The van der Waals surface area contributed by atoms with Crippen molar-refractivity contribution >= 4 is 43.9 Å². The predicted molar refractivity (Wildman–Crippen MR) is 103 cm³/mol. The number of rotatable bonds is 3. The fourth-order valence-electron chi connectivity index (χ4n) is 2.88. The number of fused-ring (bicyclic) bond motifs is 1. The van der Waals surface area contributed by atoms with Gasteiger partial charge in [0, 0.05) is 28.6 Å². The van der Waals surface area contributed by atoms with Gasteiger partial charge >= 0.3 is 0 Å². The first-order valence-electron chi connectivity index (χ1n) is 7.61. The SMILES string of the molecule is Cc1c(Cc2ccc(S(C)(=O)=O)cc2Cl)c(=O)[nH]c2c(Cl)ccc(O)c12. The minimum atomic E-state index is -3.37. The number of aryl methyl sites for hydroxylation is 1. The first-order chi connectivity index (χ1) is 12.1. The number of pyridine rings is 1. The number of halogens is 2. The molecule has 0 radical (unpaired) electrons. The van der Waals surface area contributed by atoms with Gasteiger partial charge in [-0.25, -0.2) is 8.42 Å². The Morgan fingerprint density at radius 3 is 2.42 bits per heavy atom. The van der Waals surface area contributed by atoms with Crippen LogP contribution < -0.4 is 5.56 Å². The molecule has 3 rings (SSSR count). The standard InChI is InChI=1S/C18H15Cl2NO4S/c1-9-12(7-10-3-4-11(8-14(10)20)26(2,24)25)18(23)21-17-13(19)5-6-15(22)16(9)17/h3-6,8,22H,7H2,1-2H3,(H,21,23). The molecule has 0 bridgehead atoms. The van der Waals surface area contributed by atoms with Gasteiger partial charge in [0.15, 0.2) is 9.84 Å². The fraction of sp³-hybridized carbons (Fsp3) is 0.167. The second-order valence-electron chi connectivity index (χ2n) is 6.08. The minimum absolute atomic E-state index is 0.0120. The third kappa shape index (κ3) is 3.32. The molecule has 8 heteroatoms. The lowest BCUT2D eigenvalue weighted by Crippen LogP contribution is -2.16. The van der Waals surface area contributed by atoms with Crippen LogP contribution in [0.2, 0.25) is 10.0 Å². The molecule has 1 aromatic heterocycles. The zero-order valence-corrected chi connectivity index (χ0v) is 16.3. The summed E-state index contributed by atoms with van der Waals surface area (Å²) >= 11 is 12.3. The lowest BCUT2D eigenvalue weighted by molar-refractivity contribution is 0.481. The van der Waals surface area contributed by atoms with E-state index in [-0.39, 0.29) is 27.6 Å². The molecule has 0 atom stereocenters. The number of sulfone groups is 1. The molecule has 2 N–H and O–H groups in total. The molecular weight excluding hydrogens is 397 g/mol. The van der Waals surface area contributed by atoms with E-state index in [9.17, 15) is 18.3 Å². The van der Waals surface area contributed by atoms with Crippen molar-refractivity contribution in [2.75, 3.05) is 6.26 Å². The van der Waals surface area contributed by atoms with Gasteiger partial charge in [0.25, 0.3) is 5.56 Å². The van der Waals surface area contributed by atoms with E-state index in [1.54, 1.807) is 13.0 Å². The van der Waals surface area contributed by atoms with E-state index < -0.39 is 9.84 Å². The Kier molecular flexibility index (Phi) is 4.77. The van der Waals surface area contributed by atoms with Crippen LogP contribution in [0.3, 0.4) is 0 Å². The highest BCUT2D eigenvalue weighted by Gasteiger charge is 2.17. The average Bonchev–Trinajstić information content (AvgIpc) is 2.55. The number of phenols is 1. The summed E-state index contributed by atoms with van der Waals surface area (Å²) < 4.78 is 23.2. The van der Waals surface area contributed by atoms with Crippen LogP contribution in [0, 0.1) is 6.92 Å². The zero-order valence-electron chi connectivity index (χ0n) is 13.9. The second kappa shape index (κ2) is 6.61. The normalized spacial score (nSPS) is 11.8. The van der Waals surface area contributed by atoms with Gasteiger partial charge in [0.05, 0.1) is 15.4 Å². The van der Waals surface area contributed by atoms with Crippen LogP contribution in [0.25, 0.3) is 10.9 Å². The topological polar surface area (TPSA) is 87.2 Å². The molecule has 136 valence electrons. The summed E-state index contributed by atoms with van der Waals surface area (Å²) in [6.07, 6.45) is 1.29. The molecule has 0 saturated heterocycles. The maximum absolute atomic E-state index is 12.5. The first-order valence-corrected chi connectivity index (χ1v) is 10.3. The van der Waals surface area contributed by atoms with Gasteiger partial charge in [0.1, 0.15) is 5.75 Å². The number of H-pyrrole nitrogens is 1. The molecule has 0 saturated carbocycles. The Labute approximate surface area is 160 Å². The first kappa shape index (κ1) is 18.8. The van der Waals surface area contributed by atoms with Gasteiger partial charge in [-0.15, -0.1) is 0 Å².